The maximum Gasteiger partial charge on any atom is 0.416 e. The predicted molar refractivity (Wildman–Crippen MR) is 137 cm³/mol. The number of ether oxygens (including phenoxy) is 1. The highest BCUT2D eigenvalue weighted by molar-refractivity contribution is 6.30. The summed E-state index contributed by atoms with van der Waals surface area (Å²) in [6.45, 7) is 0.702. The fourth-order valence-electron chi connectivity index (χ4n) is 4.39. The number of rotatable bonds is 9. The molecule has 2 aromatic carbocycles. The lowest BCUT2D eigenvalue weighted by molar-refractivity contribution is -0.138. The van der Waals surface area contributed by atoms with Crippen LogP contribution in [0, 0.1) is 0 Å². The first kappa shape index (κ1) is 28.4. The van der Waals surface area contributed by atoms with E-state index in [0.29, 0.717) is 23.7 Å². The summed E-state index contributed by atoms with van der Waals surface area (Å²) in [7, 11) is 1.48. The van der Waals surface area contributed by atoms with Gasteiger partial charge in [-0.1, -0.05) is 23.7 Å². The summed E-state index contributed by atoms with van der Waals surface area (Å²) < 4.78 is 47.5. The number of nitrogens with zero attached hydrogens (tertiary/aromatic N) is 4. The molecule has 1 fully saturated rings. The second-order valence-corrected chi connectivity index (χ2v) is 9.51. The highest BCUT2D eigenvalue weighted by Gasteiger charge is 2.34. The molecule has 2 heterocycles. The number of hydrogen-bond acceptors (Lipinski definition) is 5. The molecule has 1 aliphatic rings. The molecule has 4 rings (SSSR count). The first-order chi connectivity index (χ1) is 18.6. The third kappa shape index (κ3) is 6.69. The third-order valence-corrected chi connectivity index (χ3v) is 6.61. The summed E-state index contributed by atoms with van der Waals surface area (Å²) in [6, 6.07) is 9.56. The number of nitrogens with one attached hydrogen (secondary N) is 1. The van der Waals surface area contributed by atoms with E-state index >= 15 is 0 Å². The minimum atomic E-state index is -4.62. The molecule has 1 atom stereocenters. The maximum atomic E-state index is 13.4. The molecular weight excluding hydrogens is 539 g/mol. The summed E-state index contributed by atoms with van der Waals surface area (Å²) >= 11 is 5.97. The fourth-order valence-corrected chi connectivity index (χ4v) is 4.51. The van der Waals surface area contributed by atoms with Crippen molar-refractivity contribution < 1.29 is 27.5 Å². The van der Waals surface area contributed by atoms with Crippen LogP contribution in [0.5, 0.6) is 0 Å². The van der Waals surface area contributed by atoms with Gasteiger partial charge in [-0.3, -0.25) is 14.2 Å². The summed E-state index contributed by atoms with van der Waals surface area (Å²) in [5.41, 5.74) is -0.949. The monoisotopic (exact) mass is 565 g/mol. The Bertz CT molecular complexity index is 1380. The number of hydrogen-bond donors (Lipinski definition) is 1. The van der Waals surface area contributed by atoms with Crippen LogP contribution in [0.4, 0.5) is 13.2 Å². The van der Waals surface area contributed by atoms with Crippen molar-refractivity contribution in [1.29, 1.82) is 0 Å². The topological polar surface area (TPSA) is 98.5 Å². The van der Waals surface area contributed by atoms with Crippen LogP contribution in [0.2, 0.25) is 5.02 Å². The van der Waals surface area contributed by atoms with Crippen molar-refractivity contribution >= 4 is 23.4 Å². The van der Waals surface area contributed by atoms with Crippen LogP contribution in [0.1, 0.15) is 30.0 Å². The molecule has 2 amide bonds. The Morgan fingerprint density at radius 2 is 1.82 bits per heavy atom. The van der Waals surface area contributed by atoms with Crippen LogP contribution in [-0.2, 0) is 33.6 Å². The highest BCUT2D eigenvalue weighted by atomic mass is 35.5. The van der Waals surface area contributed by atoms with Gasteiger partial charge in [-0.05, 0) is 54.8 Å². The number of halogens is 4. The maximum absolute atomic E-state index is 13.4. The van der Waals surface area contributed by atoms with Gasteiger partial charge in [0.25, 0.3) is 0 Å². The lowest BCUT2D eigenvalue weighted by atomic mass is 10.0. The number of carbonyl (C=O) groups is 2. The average Bonchev–Trinajstić information content (AvgIpc) is 3.55. The summed E-state index contributed by atoms with van der Waals surface area (Å²) in [5.74, 6) is -0.991. The van der Waals surface area contributed by atoms with Crippen molar-refractivity contribution in [2.45, 2.75) is 38.1 Å². The second kappa shape index (κ2) is 12.0. The van der Waals surface area contributed by atoms with Crippen LogP contribution in [0.3, 0.4) is 0 Å². The number of likely N-dealkylation sites (tertiary alicyclic amines) is 1. The molecule has 1 saturated heterocycles. The molecular formula is C26H27ClF3N5O4. The van der Waals surface area contributed by atoms with Gasteiger partial charge in [0.05, 0.1) is 18.7 Å². The molecule has 208 valence electrons. The highest BCUT2D eigenvalue weighted by Crippen LogP contribution is 2.31. The number of aromatic nitrogens is 3. The Morgan fingerprint density at radius 1 is 1.13 bits per heavy atom. The lowest BCUT2D eigenvalue weighted by Gasteiger charge is -2.25. The van der Waals surface area contributed by atoms with Crippen molar-refractivity contribution in [3.63, 3.8) is 0 Å². The van der Waals surface area contributed by atoms with E-state index in [-0.39, 0.29) is 24.5 Å². The first-order valence-electron chi connectivity index (χ1n) is 12.3. The van der Waals surface area contributed by atoms with E-state index in [9.17, 15) is 27.6 Å². The first-order valence-corrected chi connectivity index (χ1v) is 12.6. The second-order valence-electron chi connectivity index (χ2n) is 9.07. The number of methoxy groups -OCH3 is 1. The molecule has 39 heavy (non-hydrogen) atoms. The van der Waals surface area contributed by atoms with Gasteiger partial charge in [0, 0.05) is 30.8 Å². The van der Waals surface area contributed by atoms with E-state index in [1.807, 2.05) is 0 Å². The van der Waals surface area contributed by atoms with Crippen molar-refractivity contribution in [3.05, 3.63) is 75.2 Å². The van der Waals surface area contributed by atoms with Gasteiger partial charge in [-0.15, -0.1) is 5.10 Å². The smallest absolute Gasteiger partial charge is 0.383 e. The van der Waals surface area contributed by atoms with Crippen molar-refractivity contribution in [1.82, 2.24) is 24.6 Å². The number of amides is 2. The molecule has 0 spiro atoms. The van der Waals surface area contributed by atoms with Gasteiger partial charge in [0.15, 0.2) is 5.82 Å². The standard InChI is InChI=1S/C26H27ClF3N5O4/c1-39-14-13-34-23(17-7-9-20(27)10-8-17)32-35(25(34)38)16-21(36)31-22(24(37)33-11-2-3-12-33)18-5-4-6-19(15-18)26(28,29)30/h4-10,15,22H,2-3,11-14,16H2,1H3,(H,31,36). The zero-order chi connectivity index (χ0) is 28.2. The molecule has 0 radical (unpaired) electrons. The normalized spacial score (nSPS) is 14.4. The molecule has 0 aliphatic carbocycles. The van der Waals surface area contributed by atoms with Gasteiger partial charge in [-0.25, -0.2) is 9.48 Å². The van der Waals surface area contributed by atoms with Gasteiger partial charge in [0.2, 0.25) is 11.8 Å². The number of alkyl halides is 3. The number of benzene rings is 2. The molecule has 0 saturated carbocycles. The zero-order valence-electron chi connectivity index (χ0n) is 21.1. The van der Waals surface area contributed by atoms with Gasteiger partial charge < -0.3 is 15.0 Å². The van der Waals surface area contributed by atoms with Crippen LogP contribution in [-0.4, -0.2) is 57.9 Å². The van der Waals surface area contributed by atoms with E-state index in [1.165, 1.54) is 28.7 Å². The molecule has 0 bridgehead atoms. The van der Waals surface area contributed by atoms with E-state index in [0.717, 1.165) is 29.7 Å². The number of carbonyl (C=O) groups excluding carboxylic acids is 2. The van der Waals surface area contributed by atoms with E-state index < -0.39 is 41.8 Å². The van der Waals surface area contributed by atoms with Crippen molar-refractivity contribution in [3.8, 4) is 11.4 Å². The summed E-state index contributed by atoms with van der Waals surface area (Å²) in [4.78, 5) is 41.0. The largest absolute Gasteiger partial charge is 0.416 e. The van der Waals surface area contributed by atoms with E-state index in [2.05, 4.69) is 10.4 Å². The van der Waals surface area contributed by atoms with Crippen LogP contribution in [0.25, 0.3) is 11.4 Å². The molecule has 1 aromatic heterocycles. The van der Waals surface area contributed by atoms with Crippen LogP contribution in [0.15, 0.2) is 53.3 Å². The fraction of sp³-hybridized carbons (Fsp3) is 0.385. The summed E-state index contributed by atoms with van der Waals surface area (Å²) in [5, 5.41) is 7.34. The van der Waals surface area contributed by atoms with Gasteiger partial charge in [0.1, 0.15) is 12.6 Å². The van der Waals surface area contributed by atoms with Gasteiger partial charge in [-0.2, -0.15) is 13.2 Å². The Balaban J connectivity index is 1.63. The SMILES string of the molecule is COCCn1c(-c2ccc(Cl)cc2)nn(CC(=O)NC(C(=O)N2CCCC2)c2cccc(C(F)(F)F)c2)c1=O. The Kier molecular flexibility index (Phi) is 8.76. The Morgan fingerprint density at radius 3 is 2.46 bits per heavy atom. The molecule has 1 aliphatic heterocycles. The predicted octanol–water partition coefficient (Wildman–Crippen LogP) is 3.51. The molecule has 13 heteroatoms. The van der Waals surface area contributed by atoms with E-state index in [4.69, 9.17) is 16.3 Å². The Hall–Kier alpha value is -3.64. The van der Waals surface area contributed by atoms with Crippen molar-refractivity contribution in [2.24, 2.45) is 0 Å². The Labute approximate surface area is 227 Å². The molecule has 1 unspecified atom stereocenters. The summed E-state index contributed by atoms with van der Waals surface area (Å²) in [6.07, 6.45) is -3.10. The van der Waals surface area contributed by atoms with Crippen molar-refractivity contribution in [2.75, 3.05) is 26.8 Å². The molecule has 1 N–H and O–H groups in total. The third-order valence-electron chi connectivity index (χ3n) is 6.35. The van der Waals surface area contributed by atoms with Gasteiger partial charge >= 0.3 is 11.9 Å². The molecule has 3 aromatic rings. The minimum absolute atomic E-state index is 0.00472. The van der Waals surface area contributed by atoms with Crippen LogP contribution >= 0.6 is 11.6 Å². The quantitative estimate of drug-likeness (QED) is 0.428. The van der Waals surface area contributed by atoms with E-state index in [1.54, 1.807) is 24.3 Å². The van der Waals surface area contributed by atoms with Crippen LogP contribution < -0.4 is 11.0 Å². The molecule has 9 nitrogen and oxygen atoms in total. The minimum Gasteiger partial charge on any atom is -0.383 e. The average molecular weight is 566 g/mol. The zero-order valence-corrected chi connectivity index (χ0v) is 21.8. The lowest BCUT2D eigenvalue weighted by Crippen LogP contribution is -2.43.